The Labute approximate surface area is 87.8 Å². The minimum Gasteiger partial charge on any atom is -0.379 e. The molecule has 0 radical (unpaired) electrons. The average molecular weight is 198 g/mol. The zero-order chi connectivity index (χ0) is 10.8. The van der Waals surface area contributed by atoms with Gasteiger partial charge in [0.05, 0.1) is 19.3 Å². The Balaban J connectivity index is 3.17. The fraction of sp³-hybridized carbons (Fsp3) is 0.818. The van der Waals surface area contributed by atoms with Gasteiger partial charge in [-0.1, -0.05) is 12.8 Å². The molecule has 0 spiro atoms. The van der Waals surface area contributed by atoms with E-state index in [4.69, 9.17) is 11.2 Å². The number of rotatable bonds is 8. The van der Waals surface area contributed by atoms with Crippen LogP contribution in [0.1, 0.15) is 13.3 Å². The van der Waals surface area contributed by atoms with Gasteiger partial charge in [0.25, 0.3) is 0 Å². The lowest BCUT2D eigenvalue weighted by atomic mass is 10.2. The maximum atomic E-state index is 5.41. The second kappa shape index (κ2) is 9.01. The van der Waals surface area contributed by atoms with Crippen molar-refractivity contribution < 1.29 is 4.74 Å². The first-order valence-corrected chi connectivity index (χ1v) is 5.12. The van der Waals surface area contributed by atoms with Gasteiger partial charge in [0, 0.05) is 13.1 Å². The van der Waals surface area contributed by atoms with Crippen molar-refractivity contribution in [3.05, 3.63) is 0 Å². The van der Waals surface area contributed by atoms with Crippen LogP contribution in [0.2, 0.25) is 0 Å². The summed E-state index contributed by atoms with van der Waals surface area (Å²) in [5, 5.41) is 3.23. The Morgan fingerprint density at radius 1 is 1.43 bits per heavy atom. The first-order chi connectivity index (χ1) is 6.70. The molecule has 0 heterocycles. The quantitative estimate of drug-likeness (QED) is 0.456. The van der Waals surface area contributed by atoms with E-state index >= 15 is 0 Å². The predicted octanol–water partition coefficient (Wildman–Crippen LogP) is 0.566. The van der Waals surface area contributed by atoms with Crippen LogP contribution in [-0.4, -0.2) is 51.3 Å². The highest BCUT2D eigenvalue weighted by atomic mass is 16.5. The van der Waals surface area contributed by atoms with Crippen molar-refractivity contribution in [2.24, 2.45) is 0 Å². The van der Waals surface area contributed by atoms with Gasteiger partial charge in [-0.15, -0.1) is 6.42 Å². The van der Waals surface area contributed by atoms with Crippen LogP contribution in [0, 0.1) is 12.3 Å². The maximum Gasteiger partial charge on any atom is 0.0685 e. The monoisotopic (exact) mass is 198 g/mol. The zero-order valence-corrected chi connectivity index (χ0v) is 9.55. The van der Waals surface area contributed by atoms with Crippen molar-refractivity contribution in [2.45, 2.75) is 19.4 Å². The van der Waals surface area contributed by atoms with Crippen LogP contribution in [0.3, 0.4) is 0 Å². The van der Waals surface area contributed by atoms with E-state index in [9.17, 15) is 0 Å². The number of hydrogen-bond acceptors (Lipinski definition) is 3. The zero-order valence-electron chi connectivity index (χ0n) is 9.55. The van der Waals surface area contributed by atoms with Gasteiger partial charge in [-0.05, 0) is 20.5 Å². The smallest absolute Gasteiger partial charge is 0.0685 e. The highest BCUT2D eigenvalue weighted by molar-refractivity contribution is 4.97. The van der Waals surface area contributed by atoms with Gasteiger partial charge < -0.3 is 15.0 Å². The van der Waals surface area contributed by atoms with E-state index in [1.807, 2.05) is 14.1 Å². The lowest BCUT2D eigenvalue weighted by Crippen LogP contribution is -2.30. The molecular formula is C11H22N2O. The van der Waals surface area contributed by atoms with Crippen LogP contribution < -0.4 is 5.32 Å². The topological polar surface area (TPSA) is 24.5 Å². The SMILES string of the molecule is C#CC(CC)NCCOCCN(C)C. The molecule has 0 amide bonds. The Hall–Kier alpha value is -0.560. The summed E-state index contributed by atoms with van der Waals surface area (Å²) in [6.45, 7) is 5.38. The summed E-state index contributed by atoms with van der Waals surface area (Å²) >= 11 is 0. The number of nitrogens with one attached hydrogen (secondary N) is 1. The van der Waals surface area contributed by atoms with Crippen molar-refractivity contribution in [3.8, 4) is 12.3 Å². The second-order valence-electron chi connectivity index (χ2n) is 3.50. The van der Waals surface area contributed by atoms with E-state index in [0.29, 0.717) is 0 Å². The molecule has 3 heteroatoms. The third kappa shape index (κ3) is 8.06. The predicted molar refractivity (Wildman–Crippen MR) is 60.3 cm³/mol. The van der Waals surface area contributed by atoms with Gasteiger partial charge >= 0.3 is 0 Å². The molecule has 14 heavy (non-hydrogen) atoms. The number of terminal acetylenes is 1. The highest BCUT2D eigenvalue weighted by Gasteiger charge is 1.98. The normalized spacial score (nSPS) is 12.8. The first kappa shape index (κ1) is 13.4. The number of ether oxygens (including phenoxy) is 1. The lowest BCUT2D eigenvalue weighted by Gasteiger charge is -2.12. The maximum absolute atomic E-state index is 5.41. The van der Waals surface area contributed by atoms with E-state index in [1.165, 1.54) is 0 Å². The molecule has 3 nitrogen and oxygen atoms in total. The average Bonchev–Trinajstić information content (AvgIpc) is 2.16. The van der Waals surface area contributed by atoms with Crippen molar-refractivity contribution in [1.29, 1.82) is 0 Å². The highest BCUT2D eigenvalue weighted by Crippen LogP contribution is 1.86. The summed E-state index contributed by atoms with van der Waals surface area (Å²) in [6.07, 6.45) is 6.27. The summed E-state index contributed by atoms with van der Waals surface area (Å²) in [7, 11) is 4.07. The van der Waals surface area contributed by atoms with Crippen molar-refractivity contribution in [1.82, 2.24) is 10.2 Å². The third-order valence-electron chi connectivity index (χ3n) is 1.93. The summed E-state index contributed by atoms with van der Waals surface area (Å²) in [4.78, 5) is 2.10. The largest absolute Gasteiger partial charge is 0.379 e. The van der Waals surface area contributed by atoms with Crippen LogP contribution >= 0.6 is 0 Å². The van der Waals surface area contributed by atoms with E-state index < -0.39 is 0 Å². The van der Waals surface area contributed by atoms with E-state index in [2.05, 4.69) is 23.1 Å². The number of nitrogens with zero attached hydrogens (tertiary/aromatic N) is 1. The molecule has 0 saturated carbocycles. The molecule has 0 rings (SSSR count). The Kier molecular flexibility index (Phi) is 8.65. The Bertz CT molecular complexity index is 163. The summed E-state index contributed by atoms with van der Waals surface area (Å²) in [5.41, 5.74) is 0. The molecule has 0 aromatic rings. The molecule has 0 aliphatic rings. The van der Waals surface area contributed by atoms with Crippen LogP contribution in [0.15, 0.2) is 0 Å². The number of hydrogen-bond donors (Lipinski definition) is 1. The molecule has 1 atom stereocenters. The molecule has 0 fully saturated rings. The summed E-state index contributed by atoms with van der Waals surface area (Å²) in [6, 6.07) is 0.187. The molecule has 0 aromatic heterocycles. The van der Waals surface area contributed by atoms with Gasteiger partial charge in [0.15, 0.2) is 0 Å². The van der Waals surface area contributed by atoms with Gasteiger partial charge in [0.1, 0.15) is 0 Å². The van der Waals surface area contributed by atoms with Crippen LogP contribution in [0.25, 0.3) is 0 Å². The molecular weight excluding hydrogens is 176 g/mol. The molecule has 1 N–H and O–H groups in total. The Morgan fingerprint density at radius 3 is 2.64 bits per heavy atom. The van der Waals surface area contributed by atoms with Crippen LogP contribution in [-0.2, 0) is 4.74 Å². The van der Waals surface area contributed by atoms with E-state index in [-0.39, 0.29) is 6.04 Å². The molecule has 0 aliphatic heterocycles. The molecule has 0 bridgehead atoms. The molecule has 0 aliphatic carbocycles. The van der Waals surface area contributed by atoms with Gasteiger partial charge in [-0.2, -0.15) is 0 Å². The lowest BCUT2D eigenvalue weighted by molar-refractivity contribution is 0.118. The van der Waals surface area contributed by atoms with Crippen LogP contribution in [0.4, 0.5) is 0 Å². The molecule has 0 saturated heterocycles. The van der Waals surface area contributed by atoms with Crippen molar-refractivity contribution in [2.75, 3.05) is 40.4 Å². The molecule has 82 valence electrons. The fourth-order valence-electron chi connectivity index (χ4n) is 0.976. The molecule has 0 aromatic carbocycles. The molecule has 1 unspecified atom stereocenters. The van der Waals surface area contributed by atoms with Crippen LogP contribution in [0.5, 0.6) is 0 Å². The Morgan fingerprint density at radius 2 is 2.14 bits per heavy atom. The summed E-state index contributed by atoms with van der Waals surface area (Å²) < 4.78 is 5.41. The second-order valence-corrected chi connectivity index (χ2v) is 3.50. The first-order valence-electron chi connectivity index (χ1n) is 5.12. The number of likely N-dealkylation sites (N-methyl/N-ethyl adjacent to an activating group) is 1. The minimum absolute atomic E-state index is 0.187. The van der Waals surface area contributed by atoms with Crippen molar-refractivity contribution in [3.63, 3.8) is 0 Å². The standard InChI is InChI=1S/C11H22N2O/c1-5-11(6-2)12-7-9-14-10-8-13(3)4/h1,11-12H,6-10H2,2-4H3. The fourth-order valence-corrected chi connectivity index (χ4v) is 0.976. The van der Waals surface area contributed by atoms with Gasteiger partial charge in [-0.25, -0.2) is 0 Å². The van der Waals surface area contributed by atoms with E-state index in [1.54, 1.807) is 0 Å². The van der Waals surface area contributed by atoms with Gasteiger partial charge in [-0.3, -0.25) is 0 Å². The van der Waals surface area contributed by atoms with Gasteiger partial charge in [0.2, 0.25) is 0 Å². The van der Waals surface area contributed by atoms with Crippen molar-refractivity contribution >= 4 is 0 Å². The third-order valence-corrected chi connectivity index (χ3v) is 1.93. The van der Waals surface area contributed by atoms with E-state index in [0.717, 1.165) is 32.7 Å². The summed E-state index contributed by atoms with van der Waals surface area (Å²) in [5.74, 6) is 2.69. The minimum atomic E-state index is 0.187.